The Balaban J connectivity index is 1.95. The van der Waals surface area contributed by atoms with Crippen LogP contribution in [0.3, 0.4) is 0 Å². The van der Waals surface area contributed by atoms with Crippen LogP contribution in [0.5, 0.6) is 0 Å². The maximum absolute atomic E-state index is 6.13. The molecule has 2 rings (SSSR count). The highest BCUT2D eigenvalue weighted by Crippen LogP contribution is 2.34. The molecule has 1 unspecified atom stereocenters. The summed E-state index contributed by atoms with van der Waals surface area (Å²) in [4.78, 5) is 0. The number of ether oxygens (including phenoxy) is 3. The highest BCUT2D eigenvalue weighted by atomic mass is 16.5. The van der Waals surface area contributed by atoms with Crippen molar-refractivity contribution < 1.29 is 14.2 Å². The van der Waals surface area contributed by atoms with Crippen molar-refractivity contribution in [3.8, 4) is 0 Å². The van der Waals surface area contributed by atoms with Crippen LogP contribution in [0.1, 0.15) is 39.5 Å². The fourth-order valence-electron chi connectivity index (χ4n) is 2.94. The zero-order valence-electron chi connectivity index (χ0n) is 12.0. The van der Waals surface area contributed by atoms with Gasteiger partial charge >= 0.3 is 0 Å². The molecule has 18 heavy (non-hydrogen) atoms. The van der Waals surface area contributed by atoms with E-state index in [1.54, 1.807) is 7.11 Å². The summed E-state index contributed by atoms with van der Waals surface area (Å²) in [5.41, 5.74) is -0.0498. The third-order valence-corrected chi connectivity index (χ3v) is 4.44. The summed E-state index contributed by atoms with van der Waals surface area (Å²) >= 11 is 0. The Bertz CT molecular complexity index is 254. The second-order valence-corrected chi connectivity index (χ2v) is 6.03. The minimum Gasteiger partial charge on any atom is -0.381 e. The van der Waals surface area contributed by atoms with Gasteiger partial charge in [0.2, 0.25) is 0 Å². The molecule has 2 aliphatic rings. The standard InChI is InChI=1S/C14H27NO3/c1-13(2,16-3)5-4-12-14(18-11-8-15-12)6-9-17-10-7-14/h12,15H,4-11H2,1-3H3. The normalized spacial score (nSPS) is 28.5. The van der Waals surface area contributed by atoms with Gasteiger partial charge in [0.25, 0.3) is 0 Å². The van der Waals surface area contributed by atoms with E-state index in [0.29, 0.717) is 6.04 Å². The van der Waals surface area contributed by atoms with Crippen LogP contribution in [-0.2, 0) is 14.2 Å². The van der Waals surface area contributed by atoms with Gasteiger partial charge in [-0.2, -0.15) is 0 Å². The number of hydrogen-bond acceptors (Lipinski definition) is 4. The van der Waals surface area contributed by atoms with Gasteiger partial charge in [0, 0.05) is 45.8 Å². The first-order valence-electron chi connectivity index (χ1n) is 7.08. The molecule has 0 aromatic carbocycles. The first kappa shape index (κ1) is 14.3. The Kier molecular flexibility index (Phi) is 4.64. The van der Waals surface area contributed by atoms with Crippen LogP contribution in [0.15, 0.2) is 0 Å². The summed E-state index contributed by atoms with van der Waals surface area (Å²) in [6.45, 7) is 7.73. The monoisotopic (exact) mass is 257 g/mol. The van der Waals surface area contributed by atoms with Gasteiger partial charge in [0.1, 0.15) is 0 Å². The van der Waals surface area contributed by atoms with E-state index in [2.05, 4.69) is 19.2 Å². The molecule has 1 N–H and O–H groups in total. The van der Waals surface area contributed by atoms with Gasteiger partial charge < -0.3 is 19.5 Å². The molecule has 0 saturated carbocycles. The minimum atomic E-state index is -0.0501. The number of morpholine rings is 1. The van der Waals surface area contributed by atoms with Crippen LogP contribution in [0, 0.1) is 0 Å². The Morgan fingerprint density at radius 1 is 1.28 bits per heavy atom. The molecule has 0 aromatic rings. The number of rotatable bonds is 4. The maximum atomic E-state index is 6.13. The van der Waals surface area contributed by atoms with E-state index in [1.807, 2.05) is 0 Å². The Labute approximate surface area is 110 Å². The van der Waals surface area contributed by atoms with Gasteiger partial charge in [-0.05, 0) is 26.7 Å². The van der Waals surface area contributed by atoms with E-state index in [-0.39, 0.29) is 11.2 Å². The van der Waals surface area contributed by atoms with Crippen LogP contribution in [-0.4, -0.2) is 50.7 Å². The Hall–Kier alpha value is -0.160. The van der Waals surface area contributed by atoms with Crippen LogP contribution >= 0.6 is 0 Å². The predicted octanol–water partition coefficient (Wildman–Crippen LogP) is 1.73. The molecule has 4 heteroatoms. The van der Waals surface area contributed by atoms with E-state index in [1.165, 1.54) is 0 Å². The van der Waals surface area contributed by atoms with Crippen molar-refractivity contribution >= 4 is 0 Å². The largest absolute Gasteiger partial charge is 0.381 e. The fraction of sp³-hybridized carbons (Fsp3) is 1.00. The van der Waals surface area contributed by atoms with Crippen molar-refractivity contribution in [2.24, 2.45) is 0 Å². The number of methoxy groups -OCH3 is 1. The van der Waals surface area contributed by atoms with E-state index >= 15 is 0 Å². The van der Waals surface area contributed by atoms with Crippen molar-refractivity contribution in [1.29, 1.82) is 0 Å². The molecular weight excluding hydrogens is 230 g/mol. The molecule has 2 aliphatic heterocycles. The summed E-state index contributed by atoms with van der Waals surface area (Å²) in [6.07, 6.45) is 4.17. The highest BCUT2D eigenvalue weighted by Gasteiger charge is 2.43. The lowest BCUT2D eigenvalue weighted by Crippen LogP contribution is -2.60. The molecule has 0 aliphatic carbocycles. The molecule has 1 spiro atoms. The predicted molar refractivity (Wildman–Crippen MR) is 70.8 cm³/mol. The Morgan fingerprint density at radius 3 is 2.67 bits per heavy atom. The average Bonchev–Trinajstić information content (AvgIpc) is 2.39. The van der Waals surface area contributed by atoms with Crippen molar-refractivity contribution in [2.45, 2.75) is 56.8 Å². The lowest BCUT2D eigenvalue weighted by atomic mass is 9.81. The molecule has 2 fully saturated rings. The zero-order valence-corrected chi connectivity index (χ0v) is 12.0. The summed E-state index contributed by atoms with van der Waals surface area (Å²) in [5, 5.41) is 3.64. The number of nitrogens with one attached hydrogen (secondary N) is 1. The Morgan fingerprint density at radius 2 is 2.00 bits per heavy atom. The highest BCUT2D eigenvalue weighted by molar-refractivity contribution is 4.98. The van der Waals surface area contributed by atoms with Crippen molar-refractivity contribution in [1.82, 2.24) is 5.32 Å². The molecule has 106 valence electrons. The average molecular weight is 257 g/mol. The molecule has 0 aromatic heterocycles. The van der Waals surface area contributed by atoms with Gasteiger partial charge in [0.15, 0.2) is 0 Å². The molecule has 0 radical (unpaired) electrons. The first-order chi connectivity index (χ1) is 8.58. The first-order valence-corrected chi connectivity index (χ1v) is 7.08. The maximum Gasteiger partial charge on any atom is 0.0879 e. The van der Waals surface area contributed by atoms with Gasteiger partial charge in [-0.25, -0.2) is 0 Å². The van der Waals surface area contributed by atoms with E-state index in [4.69, 9.17) is 14.2 Å². The van der Waals surface area contributed by atoms with Gasteiger partial charge in [0.05, 0.1) is 17.8 Å². The summed E-state index contributed by atoms with van der Waals surface area (Å²) in [6, 6.07) is 0.435. The second-order valence-electron chi connectivity index (χ2n) is 6.03. The lowest BCUT2D eigenvalue weighted by molar-refractivity contribution is -0.151. The minimum absolute atomic E-state index is 0.000319. The molecule has 2 heterocycles. The number of hydrogen-bond donors (Lipinski definition) is 1. The quantitative estimate of drug-likeness (QED) is 0.832. The van der Waals surface area contributed by atoms with Crippen LogP contribution < -0.4 is 5.32 Å². The fourth-order valence-corrected chi connectivity index (χ4v) is 2.94. The molecule has 4 nitrogen and oxygen atoms in total. The second kappa shape index (κ2) is 5.87. The molecule has 2 saturated heterocycles. The van der Waals surface area contributed by atoms with Crippen LogP contribution in [0.4, 0.5) is 0 Å². The molecular formula is C14H27NO3. The molecule has 0 bridgehead atoms. The van der Waals surface area contributed by atoms with Crippen molar-refractivity contribution in [3.05, 3.63) is 0 Å². The van der Waals surface area contributed by atoms with Crippen molar-refractivity contribution in [3.63, 3.8) is 0 Å². The third-order valence-electron chi connectivity index (χ3n) is 4.44. The SMILES string of the molecule is COC(C)(C)CCC1NCCOC12CCOCC2. The molecule has 0 amide bonds. The smallest absolute Gasteiger partial charge is 0.0879 e. The molecule has 1 atom stereocenters. The zero-order chi connectivity index (χ0) is 13.1. The topological polar surface area (TPSA) is 39.7 Å². The van der Waals surface area contributed by atoms with E-state index in [9.17, 15) is 0 Å². The summed E-state index contributed by atoms with van der Waals surface area (Å²) in [5.74, 6) is 0. The van der Waals surface area contributed by atoms with Gasteiger partial charge in [-0.3, -0.25) is 0 Å². The van der Waals surface area contributed by atoms with E-state index < -0.39 is 0 Å². The summed E-state index contributed by atoms with van der Waals surface area (Å²) < 4.78 is 17.1. The van der Waals surface area contributed by atoms with Crippen molar-refractivity contribution in [2.75, 3.05) is 33.5 Å². The van der Waals surface area contributed by atoms with Crippen LogP contribution in [0.25, 0.3) is 0 Å². The van der Waals surface area contributed by atoms with Gasteiger partial charge in [-0.15, -0.1) is 0 Å². The summed E-state index contributed by atoms with van der Waals surface area (Å²) in [7, 11) is 1.79. The van der Waals surface area contributed by atoms with E-state index in [0.717, 1.165) is 52.0 Å². The van der Waals surface area contributed by atoms with Gasteiger partial charge in [-0.1, -0.05) is 0 Å². The third kappa shape index (κ3) is 3.23. The van der Waals surface area contributed by atoms with Crippen LogP contribution in [0.2, 0.25) is 0 Å². The lowest BCUT2D eigenvalue weighted by Gasteiger charge is -2.47.